The van der Waals surface area contributed by atoms with Gasteiger partial charge in [-0.05, 0) is 18.7 Å². The summed E-state index contributed by atoms with van der Waals surface area (Å²) >= 11 is 0. The average molecular weight is 252 g/mol. The molecule has 5 nitrogen and oxygen atoms in total. The molecule has 1 unspecified atom stereocenters. The van der Waals surface area contributed by atoms with Gasteiger partial charge in [0.15, 0.2) is 0 Å². The molecule has 0 aliphatic rings. The minimum absolute atomic E-state index is 0.153. The maximum absolute atomic E-state index is 11.0. The maximum Gasteiger partial charge on any atom is 0.221 e. The zero-order valence-corrected chi connectivity index (χ0v) is 10.8. The second kappa shape index (κ2) is 7.68. The van der Waals surface area contributed by atoms with E-state index in [2.05, 4.69) is 10.6 Å². The fourth-order valence-electron chi connectivity index (χ4n) is 1.44. The second-order valence-corrected chi connectivity index (χ2v) is 3.95. The fraction of sp³-hybridized carbons (Fsp3) is 0.462. The van der Waals surface area contributed by atoms with Gasteiger partial charge in [0.05, 0.1) is 5.69 Å². The zero-order valence-electron chi connectivity index (χ0n) is 10.8. The molecule has 3 N–H and O–H groups in total. The molecule has 0 aliphatic carbocycles. The number of likely N-dealkylation sites (N-methyl/N-ethyl adjacent to an activating group) is 1. The van der Waals surface area contributed by atoms with Crippen LogP contribution in [0.15, 0.2) is 24.3 Å². The van der Waals surface area contributed by atoms with Crippen molar-refractivity contribution in [3.63, 3.8) is 0 Å². The van der Waals surface area contributed by atoms with E-state index in [0.29, 0.717) is 18.0 Å². The van der Waals surface area contributed by atoms with Crippen molar-refractivity contribution in [2.24, 2.45) is 0 Å². The Labute approximate surface area is 107 Å². The monoisotopic (exact) mass is 252 g/mol. The molecular weight excluding hydrogens is 232 g/mol. The smallest absolute Gasteiger partial charge is 0.221 e. The molecule has 1 aromatic carbocycles. The number of para-hydroxylation sites is 2. The molecule has 1 atom stereocenters. The molecule has 0 saturated heterocycles. The van der Waals surface area contributed by atoms with Gasteiger partial charge in [-0.15, -0.1) is 0 Å². The fourth-order valence-corrected chi connectivity index (χ4v) is 1.44. The number of amides is 1. The summed E-state index contributed by atoms with van der Waals surface area (Å²) in [4.78, 5) is 11.0. The van der Waals surface area contributed by atoms with Crippen LogP contribution in [-0.4, -0.2) is 36.8 Å². The van der Waals surface area contributed by atoms with Crippen LogP contribution in [0.4, 0.5) is 5.69 Å². The highest BCUT2D eigenvalue weighted by Crippen LogP contribution is 2.23. The second-order valence-electron chi connectivity index (χ2n) is 3.95. The first-order valence-corrected chi connectivity index (χ1v) is 6.01. The molecule has 0 bridgehead atoms. The highest BCUT2D eigenvalue weighted by Gasteiger charge is 2.08. The lowest BCUT2D eigenvalue weighted by atomic mass is 10.3. The number of benzene rings is 1. The molecule has 1 amide bonds. The maximum atomic E-state index is 11.0. The lowest BCUT2D eigenvalue weighted by Gasteiger charge is -2.15. The Morgan fingerprint density at radius 1 is 1.44 bits per heavy atom. The van der Waals surface area contributed by atoms with Gasteiger partial charge in [-0.25, -0.2) is 0 Å². The van der Waals surface area contributed by atoms with E-state index < -0.39 is 6.10 Å². The number of carbonyl (C=O) groups excluding carboxylic acids is 1. The van der Waals surface area contributed by atoms with Crippen molar-refractivity contribution in [3.05, 3.63) is 24.3 Å². The van der Waals surface area contributed by atoms with Crippen molar-refractivity contribution in [3.8, 4) is 5.75 Å². The molecule has 100 valence electrons. The first-order valence-electron chi connectivity index (χ1n) is 6.01. The van der Waals surface area contributed by atoms with E-state index in [1.54, 1.807) is 12.1 Å². The van der Waals surface area contributed by atoms with E-state index in [1.165, 1.54) is 6.92 Å². The van der Waals surface area contributed by atoms with E-state index in [-0.39, 0.29) is 12.5 Å². The standard InChI is InChI=1S/C13H20N2O3/c1-3-14-8-11(17)9-18-13-7-5-4-6-12(13)15-10(2)16/h4-7,11,14,17H,3,8-9H2,1-2H3,(H,15,16). The Morgan fingerprint density at radius 3 is 2.83 bits per heavy atom. The number of aliphatic hydroxyl groups is 1. The largest absolute Gasteiger partial charge is 0.489 e. The van der Waals surface area contributed by atoms with Crippen molar-refractivity contribution >= 4 is 11.6 Å². The molecule has 0 saturated carbocycles. The van der Waals surface area contributed by atoms with E-state index in [1.807, 2.05) is 19.1 Å². The molecule has 0 spiro atoms. The van der Waals surface area contributed by atoms with Crippen LogP contribution < -0.4 is 15.4 Å². The van der Waals surface area contributed by atoms with Crippen LogP contribution in [0.1, 0.15) is 13.8 Å². The molecule has 0 heterocycles. The van der Waals surface area contributed by atoms with Crippen LogP contribution in [0.2, 0.25) is 0 Å². The summed E-state index contributed by atoms with van der Waals surface area (Å²) < 4.78 is 5.49. The summed E-state index contributed by atoms with van der Waals surface area (Å²) in [7, 11) is 0. The Kier molecular flexibility index (Phi) is 6.18. The lowest BCUT2D eigenvalue weighted by Crippen LogP contribution is -2.31. The number of nitrogens with one attached hydrogen (secondary N) is 2. The number of carbonyl (C=O) groups is 1. The first kappa shape index (κ1) is 14.5. The SMILES string of the molecule is CCNCC(O)COc1ccccc1NC(C)=O. The average Bonchev–Trinajstić information content (AvgIpc) is 2.34. The number of rotatable bonds is 7. The van der Waals surface area contributed by atoms with Gasteiger partial charge < -0.3 is 20.5 Å². The van der Waals surface area contributed by atoms with Crippen LogP contribution >= 0.6 is 0 Å². The van der Waals surface area contributed by atoms with Gasteiger partial charge in [0.2, 0.25) is 5.91 Å². The van der Waals surface area contributed by atoms with Crippen molar-refractivity contribution in [2.45, 2.75) is 20.0 Å². The minimum Gasteiger partial charge on any atom is -0.489 e. The number of hydrogen-bond donors (Lipinski definition) is 3. The summed E-state index contributed by atoms with van der Waals surface area (Å²) in [5.41, 5.74) is 0.612. The molecule has 1 aromatic rings. The molecule has 5 heteroatoms. The molecular formula is C13H20N2O3. The number of ether oxygens (including phenoxy) is 1. The molecule has 0 aliphatic heterocycles. The van der Waals surface area contributed by atoms with Crippen LogP contribution in [0, 0.1) is 0 Å². The normalized spacial score (nSPS) is 11.9. The summed E-state index contributed by atoms with van der Waals surface area (Å²) in [6, 6.07) is 7.14. The summed E-state index contributed by atoms with van der Waals surface area (Å²) in [6.45, 7) is 4.89. The van der Waals surface area contributed by atoms with Gasteiger partial charge in [-0.1, -0.05) is 19.1 Å². The topological polar surface area (TPSA) is 70.6 Å². The third-order valence-corrected chi connectivity index (χ3v) is 2.26. The van der Waals surface area contributed by atoms with E-state index >= 15 is 0 Å². The van der Waals surface area contributed by atoms with Gasteiger partial charge >= 0.3 is 0 Å². The highest BCUT2D eigenvalue weighted by molar-refractivity contribution is 5.90. The Morgan fingerprint density at radius 2 is 2.17 bits per heavy atom. The van der Waals surface area contributed by atoms with Crippen LogP contribution in [-0.2, 0) is 4.79 Å². The van der Waals surface area contributed by atoms with Crippen LogP contribution in [0.5, 0.6) is 5.75 Å². The van der Waals surface area contributed by atoms with Gasteiger partial charge in [-0.3, -0.25) is 4.79 Å². The van der Waals surface area contributed by atoms with E-state index in [0.717, 1.165) is 6.54 Å². The van der Waals surface area contributed by atoms with Crippen molar-refractivity contribution < 1.29 is 14.6 Å². The van der Waals surface area contributed by atoms with Gasteiger partial charge in [0.1, 0.15) is 18.5 Å². The lowest BCUT2D eigenvalue weighted by molar-refractivity contribution is -0.114. The third kappa shape index (κ3) is 5.16. The minimum atomic E-state index is -0.574. The van der Waals surface area contributed by atoms with Crippen molar-refractivity contribution in [2.75, 3.05) is 25.0 Å². The van der Waals surface area contributed by atoms with Crippen molar-refractivity contribution in [1.29, 1.82) is 0 Å². The van der Waals surface area contributed by atoms with Crippen LogP contribution in [0.3, 0.4) is 0 Å². The predicted octanol–water partition coefficient (Wildman–Crippen LogP) is 0.994. The third-order valence-electron chi connectivity index (χ3n) is 2.26. The van der Waals surface area contributed by atoms with Gasteiger partial charge in [0, 0.05) is 13.5 Å². The highest BCUT2D eigenvalue weighted by atomic mass is 16.5. The Hall–Kier alpha value is -1.59. The quantitative estimate of drug-likeness (QED) is 0.677. The number of hydrogen-bond acceptors (Lipinski definition) is 4. The molecule has 0 fully saturated rings. The van der Waals surface area contributed by atoms with E-state index in [9.17, 15) is 9.90 Å². The van der Waals surface area contributed by atoms with Gasteiger partial charge in [0.25, 0.3) is 0 Å². The summed E-state index contributed by atoms with van der Waals surface area (Å²) in [6.07, 6.45) is -0.574. The zero-order chi connectivity index (χ0) is 13.4. The van der Waals surface area contributed by atoms with Crippen LogP contribution in [0.25, 0.3) is 0 Å². The molecule has 1 rings (SSSR count). The summed E-state index contributed by atoms with van der Waals surface area (Å²) in [5, 5.41) is 15.4. The summed E-state index contributed by atoms with van der Waals surface area (Å²) in [5.74, 6) is 0.405. The number of aliphatic hydroxyl groups excluding tert-OH is 1. The molecule has 0 radical (unpaired) electrons. The van der Waals surface area contributed by atoms with Gasteiger partial charge in [-0.2, -0.15) is 0 Å². The van der Waals surface area contributed by atoms with Crippen molar-refractivity contribution in [1.82, 2.24) is 5.32 Å². The molecule has 0 aromatic heterocycles. The van der Waals surface area contributed by atoms with E-state index in [4.69, 9.17) is 4.74 Å². The Bertz CT molecular complexity index is 382. The molecule has 18 heavy (non-hydrogen) atoms. The number of anilines is 1. The Balaban J connectivity index is 2.53. The first-order chi connectivity index (χ1) is 8.63. The predicted molar refractivity (Wildman–Crippen MR) is 70.8 cm³/mol.